The van der Waals surface area contributed by atoms with E-state index in [1.165, 1.54) is 5.56 Å². The van der Waals surface area contributed by atoms with Gasteiger partial charge in [0.15, 0.2) is 5.76 Å². The zero-order valence-corrected chi connectivity index (χ0v) is 15.6. The van der Waals surface area contributed by atoms with Crippen molar-refractivity contribution in [1.29, 1.82) is 0 Å². The van der Waals surface area contributed by atoms with Crippen molar-refractivity contribution in [2.24, 2.45) is 0 Å². The Morgan fingerprint density at radius 1 is 1.30 bits per heavy atom. The molecule has 1 saturated heterocycles. The largest absolute Gasteiger partial charge is 0.490 e. The number of nitrogens with zero attached hydrogens (tertiary/aromatic N) is 2. The number of carbonyl (C=O) groups is 1. The maximum absolute atomic E-state index is 12.1. The van der Waals surface area contributed by atoms with Gasteiger partial charge in [0.25, 0.3) is 0 Å². The second kappa shape index (κ2) is 8.10. The van der Waals surface area contributed by atoms with E-state index in [9.17, 15) is 4.79 Å². The van der Waals surface area contributed by atoms with Crippen molar-refractivity contribution in [3.05, 3.63) is 35.5 Å². The summed E-state index contributed by atoms with van der Waals surface area (Å²) in [5.74, 6) is 1.57. The molecule has 2 aliphatic heterocycles. The van der Waals surface area contributed by atoms with Crippen molar-refractivity contribution in [1.82, 2.24) is 15.4 Å². The summed E-state index contributed by atoms with van der Waals surface area (Å²) in [7, 11) is 0. The molecule has 1 aromatic heterocycles. The molecule has 3 heterocycles. The molecule has 1 amide bonds. The highest BCUT2D eigenvalue weighted by atomic mass is 16.5. The number of morpholine rings is 1. The summed E-state index contributed by atoms with van der Waals surface area (Å²) >= 11 is 0. The van der Waals surface area contributed by atoms with Gasteiger partial charge in [-0.3, -0.25) is 9.69 Å². The fourth-order valence-corrected chi connectivity index (χ4v) is 3.51. The number of rotatable bonds is 6. The first-order valence-electron chi connectivity index (χ1n) is 9.50. The molecular formula is C20H25N3O4. The van der Waals surface area contributed by atoms with Crippen molar-refractivity contribution in [2.75, 3.05) is 39.4 Å². The lowest BCUT2D eigenvalue weighted by Gasteiger charge is -2.26. The van der Waals surface area contributed by atoms with Gasteiger partial charge in [-0.1, -0.05) is 5.16 Å². The monoisotopic (exact) mass is 371 g/mol. The van der Waals surface area contributed by atoms with Gasteiger partial charge in [0.05, 0.1) is 25.3 Å². The molecule has 0 spiro atoms. The summed E-state index contributed by atoms with van der Waals surface area (Å²) in [6.07, 6.45) is 1.33. The molecule has 7 heteroatoms. The predicted molar refractivity (Wildman–Crippen MR) is 99.7 cm³/mol. The molecule has 4 rings (SSSR count). The first-order valence-corrected chi connectivity index (χ1v) is 9.50. The second-order valence-corrected chi connectivity index (χ2v) is 7.12. The van der Waals surface area contributed by atoms with E-state index >= 15 is 0 Å². The molecule has 0 saturated carbocycles. The first kappa shape index (κ1) is 18.0. The van der Waals surface area contributed by atoms with E-state index in [-0.39, 0.29) is 18.4 Å². The zero-order chi connectivity index (χ0) is 18.6. The van der Waals surface area contributed by atoms with Crippen molar-refractivity contribution < 1.29 is 18.8 Å². The van der Waals surface area contributed by atoms with Crippen LogP contribution in [0.1, 0.15) is 18.2 Å². The third-order valence-electron chi connectivity index (χ3n) is 4.94. The molecule has 27 heavy (non-hydrogen) atoms. The standard InChI is InChI=1S/C20H25N3O4/c1-14-10-16-11-15(2-3-18(16)26-14)19-12-17(22-27-19)13-20(24)21-4-5-23-6-8-25-9-7-23/h2-3,11-12,14H,4-10,13H2,1H3,(H,21,24). The third kappa shape index (κ3) is 4.48. The lowest BCUT2D eigenvalue weighted by atomic mass is 10.1. The van der Waals surface area contributed by atoms with Gasteiger partial charge in [-0.25, -0.2) is 0 Å². The topological polar surface area (TPSA) is 76.8 Å². The lowest BCUT2D eigenvalue weighted by Crippen LogP contribution is -2.41. The highest BCUT2D eigenvalue weighted by Crippen LogP contribution is 2.33. The highest BCUT2D eigenvalue weighted by molar-refractivity contribution is 5.78. The number of fused-ring (bicyclic) bond motifs is 1. The van der Waals surface area contributed by atoms with Gasteiger partial charge in [0.1, 0.15) is 11.9 Å². The van der Waals surface area contributed by atoms with E-state index < -0.39 is 0 Å². The number of ether oxygens (including phenoxy) is 2. The average Bonchev–Trinajstić information content (AvgIpc) is 3.27. The Morgan fingerprint density at radius 2 is 2.15 bits per heavy atom. The van der Waals surface area contributed by atoms with Crippen LogP contribution in [0.3, 0.4) is 0 Å². The van der Waals surface area contributed by atoms with Crippen molar-refractivity contribution >= 4 is 5.91 Å². The van der Waals surface area contributed by atoms with Gasteiger partial charge in [0.2, 0.25) is 5.91 Å². The molecule has 0 aliphatic carbocycles. The predicted octanol–water partition coefficient (Wildman–Crippen LogP) is 1.66. The Balaban J connectivity index is 1.29. The van der Waals surface area contributed by atoms with Crippen molar-refractivity contribution in [3.8, 4) is 17.1 Å². The molecule has 2 aliphatic rings. The molecular weight excluding hydrogens is 346 g/mol. The van der Waals surface area contributed by atoms with E-state index in [0.29, 0.717) is 18.0 Å². The molecule has 1 N–H and O–H groups in total. The van der Waals surface area contributed by atoms with Crippen LogP contribution in [-0.4, -0.2) is 61.5 Å². The number of hydrogen-bond acceptors (Lipinski definition) is 6. The fourth-order valence-electron chi connectivity index (χ4n) is 3.51. The molecule has 144 valence electrons. The summed E-state index contributed by atoms with van der Waals surface area (Å²) in [6, 6.07) is 7.84. The number of aromatic nitrogens is 1. The van der Waals surface area contributed by atoms with Crippen LogP contribution in [0.4, 0.5) is 0 Å². The Bertz CT molecular complexity index is 798. The first-order chi connectivity index (χ1) is 13.2. The van der Waals surface area contributed by atoms with Gasteiger partial charge in [-0.2, -0.15) is 0 Å². The Kier molecular flexibility index (Phi) is 5.40. The van der Waals surface area contributed by atoms with Crippen LogP contribution in [0.5, 0.6) is 5.75 Å². The van der Waals surface area contributed by atoms with Gasteiger partial charge in [-0.15, -0.1) is 0 Å². The maximum atomic E-state index is 12.1. The molecule has 7 nitrogen and oxygen atoms in total. The van der Waals surface area contributed by atoms with Gasteiger partial charge >= 0.3 is 0 Å². The number of nitrogens with one attached hydrogen (secondary N) is 1. The quantitative estimate of drug-likeness (QED) is 0.832. The van der Waals surface area contributed by atoms with Crippen LogP contribution in [0.25, 0.3) is 11.3 Å². The van der Waals surface area contributed by atoms with E-state index in [4.69, 9.17) is 14.0 Å². The SMILES string of the molecule is CC1Cc2cc(-c3cc(CC(=O)NCCN4CCOCC4)no3)ccc2O1. The van der Waals surface area contributed by atoms with E-state index in [1.54, 1.807) is 0 Å². The average molecular weight is 371 g/mol. The fraction of sp³-hybridized carbons (Fsp3) is 0.500. The maximum Gasteiger partial charge on any atom is 0.226 e. The normalized spacial score (nSPS) is 19.5. The van der Waals surface area contributed by atoms with Gasteiger partial charge in [0, 0.05) is 44.2 Å². The van der Waals surface area contributed by atoms with E-state index in [1.807, 2.05) is 18.2 Å². The minimum Gasteiger partial charge on any atom is -0.490 e. The second-order valence-electron chi connectivity index (χ2n) is 7.12. The minimum absolute atomic E-state index is 0.0423. The van der Waals surface area contributed by atoms with Crippen molar-refractivity contribution in [2.45, 2.75) is 25.9 Å². The molecule has 2 aromatic rings. The summed E-state index contributed by atoms with van der Waals surface area (Å²) in [5.41, 5.74) is 2.77. The Morgan fingerprint density at radius 3 is 3.00 bits per heavy atom. The van der Waals surface area contributed by atoms with E-state index in [0.717, 1.165) is 50.6 Å². The third-order valence-corrected chi connectivity index (χ3v) is 4.94. The number of carbonyl (C=O) groups excluding carboxylic acids is 1. The molecule has 1 fully saturated rings. The minimum atomic E-state index is -0.0423. The van der Waals surface area contributed by atoms with Crippen LogP contribution >= 0.6 is 0 Å². The number of benzene rings is 1. The Labute approximate surface area is 158 Å². The molecule has 1 unspecified atom stereocenters. The van der Waals surface area contributed by atoms with Crippen molar-refractivity contribution in [3.63, 3.8) is 0 Å². The number of hydrogen-bond donors (Lipinski definition) is 1. The molecule has 0 radical (unpaired) electrons. The zero-order valence-electron chi connectivity index (χ0n) is 15.6. The summed E-state index contributed by atoms with van der Waals surface area (Å²) in [5, 5.41) is 6.99. The molecule has 1 atom stereocenters. The van der Waals surface area contributed by atoms with Crippen LogP contribution in [0.15, 0.2) is 28.8 Å². The summed E-state index contributed by atoms with van der Waals surface area (Å²) < 4.78 is 16.5. The van der Waals surface area contributed by atoms with Crippen LogP contribution < -0.4 is 10.1 Å². The van der Waals surface area contributed by atoms with Crippen LogP contribution in [0.2, 0.25) is 0 Å². The summed E-state index contributed by atoms with van der Waals surface area (Å²) in [4.78, 5) is 14.4. The van der Waals surface area contributed by atoms with Crippen LogP contribution in [0, 0.1) is 0 Å². The molecule has 0 bridgehead atoms. The molecule has 1 aromatic carbocycles. The summed E-state index contributed by atoms with van der Waals surface area (Å²) in [6.45, 7) is 6.91. The van der Waals surface area contributed by atoms with Crippen LogP contribution in [-0.2, 0) is 22.4 Å². The number of amides is 1. The van der Waals surface area contributed by atoms with E-state index in [2.05, 4.69) is 28.4 Å². The Hall–Kier alpha value is -2.38. The highest BCUT2D eigenvalue weighted by Gasteiger charge is 2.20. The van der Waals surface area contributed by atoms with Gasteiger partial charge in [-0.05, 0) is 30.7 Å². The smallest absolute Gasteiger partial charge is 0.226 e. The lowest BCUT2D eigenvalue weighted by molar-refractivity contribution is -0.120. The van der Waals surface area contributed by atoms with Gasteiger partial charge < -0.3 is 19.3 Å².